The van der Waals surface area contributed by atoms with Crippen molar-refractivity contribution in [3.63, 3.8) is 0 Å². The van der Waals surface area contributed by atoms with E-state index in [4.69, 9.17) is 10.7 Å². The van der Waals surface area contributed by atoms with Crippen LogP contribution in [0.3, 0.4) is 0 Å². The van der Waals surface area contributed by atoms with Gasteiger partial charge in [0.25, 0.3) is 0 Å². The number of benzene rings is 1. The molecular weight excluding hydrogens is 234 g/mol. The normalized spacial score (nSPS) is 12.5. The van der Waals surface area contributed by atoms with Crippen LogP contribution in [-0.2, 0) is 5.41 Å². The Bertz CT molecular complexity index is 542. The average molecular weight is 259 g/mol. The van der Waals surface area contributed by atoms with Crippen LogP contribution in [0.25, 0.3) is 11.0 Å². The minimum Gasteiger partial charge on any atom is -0.329 e. The van der Waals surface area contributed by atoms with E-state index in [0.717, 1.165) is 24.2 Å². The summed E-state index contributed by atoms with van der Waals surface area (Å²) in [6.07, 6.45) is 2.05. The lowest BCUT2D eigenvalue weighted by molar-refractivity contribution is 0.359. The van der Waals surface area contributed by atoms with Crippen molar-refractivity contribution in [2.45, 2.75) is 52.0 Å². The molecule has 0 saturated carbocycles. The first-order valence-electron chi connectivity index (χ1n) is 7.27. The van der Waals surface area contributed by atoms with Gasteiger partial charge >= 0.3 is 0 Å². The van der Waals surface area contributed by atoms with Crippen molar-refractivity contribution >= 4 is 11.0 Å². The molecule has 1 aromatic heterocycles. The van der Waals surface area contributed by atoms with Gasteiger partial charge in [-0.3, -0.25) is 0 Å². The smallest absolute Gasteiger partial charge is 0.117 e. The van der Waals surface area contributed by atoms with Crippen LogP contribution in [0, 0.1) is 0 Å². The highest BCUT2D eigenvalue weighted by molar-refractivity contribution is 5.76. The summed E-state index contributed by atoms with van der Waals surface area (Å²) in [6.45, 7) is 9.49. The van der Waals surface area contributed by atoms with E-state index < -0.39 is 0 Å². The van der Waals surface area contributed by atoms with Crippen molar-refractivity contribution in [3.8, 4) is 0 Å². The van der Waals surface area contributed by atoms with E-state index in [-0.39, 0.29) is 5.41 Å². The van der Waals surface area contributed by atoms with Crippen LogP contribution < -0.4 is 5.73 Å². The number of hydrogen-bond acceptors (Lipinski definition) is 2. The summed E-state index contributed by atoms with van der Waals surface area (Å²) in [7, 11) is 0. The molecule has 0 bridgehead atoms. The first kappa shape index (κ1) is 14.1. The van der Waals surface area contributed by atoms with E-state index in [9.17, 15) is 0 Å². The number of para-hydroxylation sites is 2. The van der Waals surface area contributed by atoms with Crippen LogP contribution in [0.5, 0.6) is 0 Å². The Kier molecular flexibility index (Phi) is 3.95. The number of nitrogens with zero attached hydrogens (tertiary/aromatic N) is 2. The van der Waals surface area contributed by atoms with Gasteiger partial charge in [0.05, 0.1) is 11.0 Å². The number of hydrogen-bond donors (Lipinski definition) is 1. The maximum atomic E-state index is 6.10. The summed E-state index contributed by atoms with van der Waals surface area (Å²) < 4.78 is 2.36. The van der Waals surface area contributed by atoms with Crippen LogP contribution in [0.15, 0.2) is 24.3 Å². The summed E-state index contributed by atoms with van der Waals surface area (Å²) in [4.78, 5) is 4.90. The summed E-state index contributed by atoms with van der Waals surface area (Å²) in [5.74, 6) is 1.15. The molecule has 0 aliphatic rings. The van der Waals surface area contributed by atoms with Crippen molar-refractivity contribution in [1.82, 2.24) is 9.55 Å². The molecular formula is C16H25N3. The Morgan fingerprint density at radius 3 is 2.37 bits per heavy atom. The molecule has 0 saturated heterocycles. The zero-order chi connectivity index (χ0) is 14.0. The highest BCUT2D eigenvalue weighted by Crippen LogP contribution is 2.34. The molecule has 0 aliphatic heterocycles. The van der Waals surface area contributed by atoms with E-state index in [1.54, 1.807) is 0 Å². The van der Waals surface area contributed by atoms with Crippen molar-refractivity contribution in [2.75, 3.05) is 6.54 Å². The van der Waals surface area contributed by atoms with Gasteiger partial charge in [-0.05, 0) is 38.8 Å². The molecule has 0 atom stereocenters. The first-order chi connectivity index (χ1) is 9.09. The molecule has 0 fully saturated rings. The minimum atomic E-state index is -0.0106. The zero-order valence-electron chi connectivity index (χ0n) is 12.5. The van der Waals surface area contributed by atoms with Crippen LogP contribution in [0.1, 0.15) is 52.4 Å². The molecule has 0 amide bonds. The fraction of sp³-hybridized carbons (Fsp3) is 0.562. The third kappa shape index (κ3) is 2.16. The molecule has 1 aromatic carbocycles. The average Bonchev–Trinajstić information content (AvgIpc) is 2.81. The van der Waals surface area contributed by atoms with Crippen LogP contribution in [0.4, 0.5) is 0 Å². The van der Waals surface area contributed by atoms with E-state index in [2.05, 4.69) is 50.5 Å². The second-order valence-corrected chi connectivity index (χ2v) is 5.58. The van der Waals surface area contributed by atoms with Gasteiger partial charge in [-0.1, -0.05) is 26.0 Å². The zero-order valence-corrected chi connectivity index (χ0v) is 12.5. The molecule has 2 aromatic rings. The molecule has 1 heterocycles. The number of nitrogens with two attached hydrogens (primary N) is 1. The predicted octanol–water partition coefficient (Wildman–Crippen LogP) is 3.63. The van der Waals surface area contributed by atoms with E-state index in [1.165, 1.54) is 5.52 Å². The SMILES string of the molecule is CCC(CC)(CN)c1nc2ccccc2n1C(C)C. The third-order valence-corrected chi connectivity index (χ3v) is 4.33. The highest BCUT2D eigenvalue weighted by Gasteiger charge is 2.33. The lowest BCUT2D eigenvalue weighted by Crippen LogP contribution is -2.37. The highest BCUT2D eigenvalue weighted by atomic mass is 15.1. The first-order valence-corrected chi connectivity index (χ1v) is 7.27. The fourth-order valence-corrected chi connectivity index (χ4v) is 2.89. The molecule has 3 nitrogen and oxygen atoms in total. The minimum absolute atomic E-state index is 0.0106. The second kappa shape index (κ2) is 5.33. The molecule has 3 heteroatoms. The van der Waals surface area contributed by atoms with Gasteiger partial charge in [-0.25, -0.2) is 4.98 Å². The number of imidazole rings is 1. The second-order valence-electron chi connectivity index (χ2n) is 5.58. The van der Waals surface area contributed by atoms with Crippen molar-refractivity contribution in [2.24, 2.45) is 5.73 Å². The third-order valence-electron chi connectivity index (χ3n) is 4.33. The molecule has 0 aliphatic carbocycles. The lowest BCUT2D eigenvalue weighted by Gasteiger charge is -2.31. The molecule has 2 N–H and O–H groups in total. The summed E-state index contributed by atoms with van der Waals surface area (Å²) in [5, 5.41) is 0. The quantitative estimate of drug-likeness (QED) is 0.891. The Hall–Kier alpha value is -1.35. The van der Waals surface area contributed by atoms with Crippen LogP contribution in [0.2, 0.25) is 0 Å². The largest absolute Gasteiger partial charge is 0.329 e. The number of rotatable bonds is 5. The number of fused-ring (bicyclic) bond motifs is 1. The Labute approximate surface area is 115 Å². The Morgan fingerprint density at radius 1 is 1.21 bits per heavy atom. The van der Waals surface area contributed by atoms with Gasteiger partial charge in [0.15, 0.2) is 0 Å². The van der Waals surface area contributed by atoms with Crippen molar-refractivity contribution in [1.29, 1.82) is 0 Å². The Morgan fingerprint density at radius 2 is 1.84 bits per heavy atom. The summed E-state index contributed by atoms with van der Waals surface area (Å²) in [5.41, 5.74) is 8.38. The number of aromatic nitrogens is 2. The van der Waals surface area contributed by atoms with Gasteiger partial charge in [0, 0.05) is 18.0 Å². The summed E-state index contributed by atoms with van der Waals surface area (Å²) in [6, 6.07) is 8.76. The molecule has 104 valence electrons. The van der Waals surface area contributed by atoms with Gasteiger partial charge in [-0.15, -0.1) is 0 Å². The van der Waals surface area contributed by atoms with Crippen molar-refractivity contribution in [3.05, 3.63) is 30.1 Å². The maximum Gasteiger partial charge on any atom is 0.117 e. The fourth-order valence-electron chi connectivity index (χ4n) is 2.89. The van der Waals surface area contributed by atoms with Gasteiger partial charge < -0.3 is 10.3 Å². The van der Waals surface area contributed by atoms with Gasteiger partial charge in [-0.2, -0.15) is 0 Å². The van der Waals surface area contributed by atoms with Gasteiger partial charge in [0.1, 0.15) is 5.82 Å². The van der Waals surface area contributed by atoms with E-state index in [1.807, 2.05) is 6.07 Å². The monoisotopic (exact) mass is 259 g/mol. The maximum absolute atomic E-state index is 6.10. The molecule has 0 radical (unpaired) electrons. The van der Waals surface area contributed by atoms with Crippen LogP contribution in [-0.4, -0.2) is 16.1 Å². The standard InChI is InChI=1S/C16H25N3/c1-5-16(6-2,11-17)15-18-13-9-7-8-10-14(13)19(15)12(3)4/h7-10,12H,5-6,11,17H2,1-4H3. The van der Waals surface area contributed by atoms with Crippen LogP contribution >= 0.6 is 0 Å². The molecule has 19 heavy (non-hydrogen) atoms. The Balaban J connectivity index is 2.75. The summed E-state index contributed by atoms with van der Waals surface area (Å²) >= 11 is 0. The van der Waals surface area contributed by atoms with E-state index >= 15 is 0 Å². The lowest BCUT2D eigenvalue weighted by atomic mass is 9.81. The topological polar surface area (TPSA) is 43.8 Å². The predicted molar refractivity (Wildman–Crippen MR) is 81.4 cm³/mol. The van der Waals surface area contributed by atoms with E-state index in [0.29, 0.717) is 12.6 Å². The molecule has 2 rings (SSSR count). The van der Waals surface area contributed by atoms with Gasteiger partial charge in [0.2, 0.25) is 0 Å². The molecule has 0 unspecified atom stereocenters. The van der Waals surface area contributed by atoms with Crippen molar-refractivity contribution < 1.29 is 0 Å². The molecule has 0 spiro atoms.